The molecular weight excluding hydrogens is 192 g/mol. The van der Waals surface area contributed by atoms with E-state index in [1.165, 1.54) is 0 Å². The van der Waals surface area contributed by atoms with Crippen molar-refractivity contribution in [2.75, 3.05) is 6.56 Å². The summed E-state index contributed by atoms with van der Waals surface area (Å²) in [7, 11) is 0. The van der Waals surface area contributed by atoms with E-state index in [9.17, 15) is 4.79 Å². The van der Waals surface area contributed by atoms with Crippen LogP contribution in [-0.4, -0.2) is 22.1 Å². The minimum atomic E-state index is -3.45. The number of aryl methyl sites for hydroxylation is 1. The number of hydrogen-bond donors (Lipinski definition) is 0. The quantitative estimate of drug-likeness (QED) is 0.717. The Kier molecular flexibility index (Phi) is 0.899. The Balaban J connectivity index is 2.57. The number of hydrogen-bond acceptors (Lipinski definition) is 3. The molecule has 1 fully saturated rings. The first-order valence-corrected chi connectivity index (χ1v) is 4.21. The number of rotatable bonds is 3. The van der Waals surface area contributed by atoms with E-state index in [1.54, 1.807) is 0 Å². The van der Waals surface area contributed by atoms with Gasteiger partial charge in [-0.15, -0.1) is 0 Å². The van der Waals surface area contributed by atoms with Crippen molar-refractivity contribution in [2.45, 2.75) is 19.6 Å². The van der Waals surface area contributed by atoms with Gasteiger partial charge < -0.3 is 9.30 Å². The fourth-order valence-electron chi connectivity index (χ4n) is 1.35. The zero-order valence-corrected chi connectivity index (χ0v) is 7.65. The van der Waals surface area contributed by atoms with E-state index in [0.29, 0.717) is 4.57 Å². The standard InChI is InChI=1S/C11H16N2O2/c1-3-10-8(6-15-11(10)14)4-9-5-12-7-13(9)2/h5,7-8,10H,3-4,6H2,1-2H3/t8-,10-/m0/s1/i1D3,2D3,3D2,6D2,10D. The second kappa shape index (κ2) is 4.04. The summed E-state index contributed by atoms with van der Waals surface area (Å²) >= 11 is 0. The monoisotopic (exact) mass is 219 g/mol. The number of cyclic esters (lactones) is 1. The summed E-state index contributed by atoms with van der Waals surface area (Å²) in [4.78, 5) is 15.8. The Bertz CT molecular complexity index is 708. The lowest BCUT2D eigenvalue weighted by Gasteiger charge is -2.12. The van der Waals surface area contributed by atoms with Gasteiger partial charge in [-0.2, -0.15) is 0 Å². The highest BCUT2D eigenvalue weighted by Gasteiger charge is 2.35. The maximum atomic E-state index is 12.2. The van der Waals surface area contributed by atoms with Gasteiger partial charge in [-0.1, -0.05) is 6.85 Å². The van der Waals surface area contributed by atoms with Crippen molar-refractivity contribution in [3.8, 4) is 0 Å². The van der Waals surface area contributed by atoms with E-state index < -0.39 is 51.0 Å². The second-order valence-corrected chi connectivity index (χ2v) is 3.06. The summed E-state index contributed by atoms with van der Waals surface area (Å²) in [5.74, 6) is -6.70. The Morgan fingerprint density at radius 1 is 2.00 bits per heavy atom. The maximum absolute atomic E-state index is 12.2. The van der Waals surface area contributed by atoms with Crippen LogP contribution in [0.4, 0.5) is 0 Å². The Labute approximate surface area is 105 Å². The summed E-state index contributed by atoms with van der Waals surface area (Å²) in [5.41, 5.74) is -0.116. The van der Waals surface area contributed by atoms with Crippen LogP contribution in [0.5, 0.6) is 0 Å². The molecule has 82 valence electrons. The predicted molar refractivity (Wildman–Crippen MR) is 55.1 cm³/mol. The average Bonchev–Trinajstić information content (AvgIpc) is 2.95. The maximum Gasteiger partial charge on any atom is 0.309 e. The van der Waals surface area contributed by atoms with Crippen LogP contribution < -0.4 is 0 Å². The van der Waals surface area contributed by atoms with Gasteiger partial charge in [0.15, 0.2) is 0 Å². The lowest BCUT2D eigenvalue weighted by Crippen LogP contribution is -2.18. The molecule has 2 rings (SSSR count). The van der Waals surface area contributed by atoms with Crippen LogP contribution in [0.1, 0.15) is 34.0 Å². The molecule has 0 amide bonds. The molecule has 0 aromatic carbocycles. The molecule has 1 aromatic rings. The molecule has 0 radical (unpaired) electrons. The SMILES string of the molecule is [2H]C1([2H])OC(=O)[C@@]([2H])(C([2H])([2H])C([2H])([2H])[2H])[C@H]1Cc1cncn1C([2H])([2H])[2H]. The third-order valence-electron chi connectivity index (χ3n) is 2.13. The van der Waals surface area contributed by atoms with Crippen molar-refractivity contribution in [1.82, 2.24) is 9.55 Å². The molecule has 1 aromatic heterocycles. The average molecular weight is 219 g/mol. The number of carbonyl (C=O) groups excluding carboxylic acids is 1. The van der Waals surface area contributed by atoms with E-state index in [1.807, 2.05) is 0 Å². The van der Waals surface area contributed by atoms with Crippen LogP contribution in [0.15, 0.2) is 12.5 Å². The predicted octanol–water partition coefficient (Wildman–Crippen LogP) is 1.16. The highest BCUT2D eigenvalue weighted by atomic mass is 16.5. The van der Waals surface area contributed by atoms with Gasteiger partial charge in [-0.05, 0) is 12.8 Å². The van der Waals surface area contributed by atoms with Gasteiger partial charge in [0.25, 0.3) is 0 Å². The number of aromatic nitrogens is 2. The molecule has 0 N–H and O–H groups in total. The van der Waals surface area contributed by atoms with E-state index in [2.05, 4.69) is 9.72 Å². The van der Waals surface area contributed by atoms with E-state index in [4.69, 9.17) is 15.1 Å². The Hall–Kier alpha value is -1.32. The lowest BCUT2D eigenvalue weighted by atomic mass is 9.89. The van der Waals surface area contributed by atoms with Crippen molar-refractivity contribution in [2.24, 2.45) is 18.8 Å². The van der Waals surface area contributed by atoms with Crippen LogP contribution in [0.3, 0.4) is 0 Å². The van der Waals surface area contributed by atoms with E-state index in [0.717, 1.165) is 12.5 Å². The lowest BCUT2D eigenvalue weighted by molar-refractivity contribution is -0.141. The molecular formula is C11H16N2O2. The van der Waals surface area contributed by atoms with Gasteiger partial charge in [0.1, 0.15) is 0 Å². The zero-order chi connectivity index (χ0) is 20.3. The summed E-state index contributed by atoms with van der Waals surface area (Å²) in [5, 5.41) is 0. The molecule has 4 nitrogen and oxygen atoms in total. The fraction of sp³-hybridized carbons (Fsp3) is 0.636. The van der Waals surface area contributed by atoms with Crippen molar-refractivity contribution in [3.63, 3.8) is 0 Å². The molecule has 2 atom stereocenters. The fourth-order valence-corrected chi connectivity index (χ4v) is 1.35. The first-order valence-electron chi connectivity index (χ1n) is 9.71. The third kappa shape index (κ3) is 1.89. The van der Waals surface area contributed by atoms with Crippen LogP contribution in [-0.2, 0) is 22.9 Å². The highest BCUT2D eigenvalue weighted by molar-refractivity contribution is 5.74. The molecule has 0 spiro atoms. The van der Waals surface area contributed by atoms with E-state index >= 15 is 0 Å². The Morgan fingerprint density at radius 3 is 3.73 bits per heavy atom. The normalized spacial score (nSPS) is 47.3. The largest absolute Gasteiger partial charge is 0.465 e. The van der Waals surface area contributed by atoms with Gasteiger partial charge in [0, 0.05) is 37.1 Å². The smallest absolute Gasteiger partial charge is 0.309 e. The zero-order valence-electron chi connectivity index (χ0n) is 18.7. The molecule has 0 bridgehead atoms. The second-order valence-electron chi connectivity index (χ2n) is 3.06. The van der Waals surface area contributed by atoms with Crippen LogP contribution >= 0.6 is 0 Å². The molecule has 0 saturated carbocycles. The molecule has 1 saturated heterocycles. The van der Waals surface area contributed by atoms with Crippen molar-refractivity contribution in [3.05, 3.63) is 18.2 Å². The first-order chi connectivity index (χ1) is 11.5. The first kappa shape index (κ1) is 3.34. The van der Waals surface area contributed by atoms with Gasteiger partial charge >= 0.3 is 5.97 Å². The Morgan fingerprint density at radius 2 is 2.93 bits per heavy atom. The number of nitrogens with zero attached hydrogens (tertiary/aromatic N) is 2. The van der Waals surface area contributed by atoms with Crippen molar-refractivity contribution >= 4 is 5.97 Å². The molecule has 2 heterocycles. The summed E-state index contributed by atoms with van der Waals surface area (Å²) in [6.07, 6.45) is -2.08. The van der Waals surface area contributed by atoms with E-state index in [-0.39, 0.29) is 5.69 Å². The number of imidazole rings is 1. The highest BCUT2D eigenvalue weighted by Crippen LogP contribution is 2.27. The van der Waals surface area contributed by atoms with Crippen LogP contribution in [0.25, 0.3) is 0 Å². The van der Waals surface area contributed by atoms with Gasteiger partial charge in [-0.25, -0.2) is 4.98 Å². The number of esters is 1. The van der Waals surface area contributed by atoms with Gasteiger partial charge in [0.2, 0.25) is 0 Å². The minimum Gasteiger partial charge on any atom is -0.465 e. The number of ether oxygens (including phenoxy) is 1. The molecule has 0 aliphatic carbocycles. The van der Waals surface area contributed by atoms with Crippen molar-refractivity contribution in [1.29, 1.82) is 0 Å². The van der Waals surface area contributed by atoms with Crippen LogP contribution in [0.2, 0.25) is 0 Å². The summed E-state index contributed by atoms with van der Waals surface area (Å²) in [6, 6.07) is 0. The van der Waals surface area contributed by atoms with Gasteiger partial charge in [0.05, 0.1) is 21.5 Å². The van der Waals surface area contributed by atoms with Crippen molar-refractivity contribution < 1.29 is 24.6 Å². The molecule has 0 unspecified atom stereocenters. The molecule has 1 aliphatic heterocycles. The van der Waals surface area contributed by atoms with Crippen LogP contribution in [0, 0.1) is 11.8 Å². The van der Waals surface area contributed by atoms with Gasteiger partial charge in [-0.3, -0.25) is 4.79 Å². The third-order valence-corrected chi connectivity index (χ3v) is 2.13. The molecule has 1 aliphatic rings. The summed E-state index contributed by atoms with van der Waals surface area (Å²) in [6.45, 7) is -8.98. The number of carbonyl (C=O) groups is 1. The molecule has 4 heteroatoms. The summed E-state index contributed by atoms with van der Waals surface area (Å²) < 4.78 is 89.0. The minimum absolute atomic E-state index is 0.116. The molecule has 15 heavy (non-hydrogen) atoms. The topological polar surface area (TPSA) is 44.1 Å².